The maximum Gasteiger partial charge on any atom is 0.282 e. The van der Waals surface area contributed by atoms with Crippen molar-refractivity contribution in [2.45, 2.75) is 6.42 Å². The van der Waals surface area contributed by atoms with Gasteiger partial charge in [-0.25, -0.2) is 0 Å². The number of carbonyl (C=O) groups excluding carboxylic acids is 1. The van der Waals surface area contributed by atoms with Crippen LogP contribution in [-0.4, -0.2) is 17.4 Å². The number of benzene rings is 1. The summed E-state index contributed by atoms with van der Waals surface area (Å²) >= 11 is 3.29. The van der Waals surface area contributed by atoms with Gasteiger partial charge in [0.2, 0.25) is 0 Å². The molecule has 0 unspecified atom stereocenters. The fourth-order valence-corrected chi connectivity index (χ4v) is 2.18. The Hall–Kier alpha value is -1.43. The van der Waals surface area contributed by atoms with E-state index in [1.807, 2.05) is 0 Å². The monoisotopic (exact) mass is 270 g/mol. The highest BCUT2D eigenvalue weighted by molar-refractivity contribution is 9.10. The van der Waals surface area contributed by atoms with E-state index in [2.05, 4.69) is 21.2 Å². The molecule has 0 saturated heterocycles. The van der Waals surface area contributed by atoms with Gasteiger partial charge in [0.15, 0.2) is 0 Å². The molecule has 1 aliphatic heterocycles. The van der Waals surface area contributed by atoms with E-state index in [9.17, 15) is 14.9 Å². The van der Waals surface area contributed by atoms with E-state index >= 15 is 0 Å². The Bertz CT molecular complexity index is 459. The molecule has 0 fully saturated rings. The summed E-state index contributed by atoms with van der Waals surface area (Å²) in [5.41, 5.74) is 0.763. The molecule has 0 bridgehead atoms. The average molecular weight is 271 g/mol. The molecule has 78 valence electrons. The number of fused-ring (bicyclic) bond motifs is 1. The van der Waals surface area contributed by atoms with Crippen LogP contribution in [0.4, 0.5) is 5.69 Å². The third-order valence-corrected chi connectivity index (χ3v) is 3.06. The van der Waals surface area contributed by atoms with Crippen molar-refractivity contribution in [2.75, 3.05) is 6.54 Å². The number of carbonyl (C=O) groups is 1. The highest BCUT2D eigenvalue weighted by Gasteiger charge is 2.28. The number of nitro groups is 1. The molecule has 15 heavy (non-hydrogen) atoms. The van der Waals surface area contributed by atoms with Crippen LogP contribution >= 0.6 is 15.9 Å². The summed E-state index contributed by atoms with van der Waals surface area (Å²) in [5, 5.41) is 13.3. The molecule has 5 nitrogen and oxygen atoms in total. The Kier molecular flexibility index (Phi) is 2.44. The van der Waals surface area contributed by atoms with Gasteiger partial charge >= 0.3 is 0 Å². The Morgan fingerprint density at radius 1 is 1.47 bits per heavy atom. The van der Waals surface area contributed by atoms with Crippen molar-refractivity contribution >= 4 is 27.5 Å². The molecule has 0 saturated carbocycles. The first-order valence-corrected chi connectivity index (χ1v) is 5.14. The summed E-state index contributed by atoms with van der Waals surface area (Å²) in [6.07, 6.45) is 0.614. The Morgan fingerprint density at radius 3 is 2.87 bits per heavy atom. The molecule has 2 rings (SSSR count). The predicted molar refractivity (Wildman–Crippen MR) is 56.8 cm³/mol. The van der Waals surface area contributed by atoms with Gasteiger partial charge in [-0.15, -0.1) is 0 Å². The summed E-state index contributed by atoms with van der Waals surface area (Å²) in [5.74, 6) is -0.371. The van der Waals surface area contributed by atoms with E-state index < -0.39 is 4.92 Å². The van der Waals surface area contributed by atoms with Crippen molar-refractivity contribution in [3.05, 3.63) is 37.8 Å². The quantitative estimate of drug-likeness (QED) is 0.623. The van der Waals surface area contributed by atoms with E-state index in [1.165, 1.54) is 6.07 Å². The number of halogens is 1. The van der Waals surface area contributed by atoms with Crippen LogP contribution in [0.5, 0.6) is 0 Å². The second-order valence-corrected chi connectivity index (χ2v) is 4.04. The highest BCUT2D eigenvalue weighted by atomic mass is 79.9. The van der Waals surface area contributed by atoms with Crippen LogP contribution in [0.1, 0.15) is 15.9 Å². The van der Waals surface area contributed by atoms with Crippen LogP contribution < -0.4 is 5.32 Å². The molecule has 0 aliphatic carbocycles. The predicted octanol–water partition coefficient (Wildman–Crippen LogP) is 1.64. The molecule has 0 spiro atoms. The van der Waals surface area contributed by atoms with Gasteiger partial charge in [-0.05, 0) is 18.1 Å². The lowest BCUT2D eigenvalue weighted by Crippen LogP contribution is -2.32. The van der Waals surface area contributed by atoms with Crippen molar-refractivity contribution in [2.24, 2.45) is 0 Å². The van der Waals surface area contributed by atoms with Crippen molar-refractivity contribution in [1.82, 2.24) is 5.32 Å². The molecule has 1 aromatic rings. The Morgan fingerprint density at radius 2 is 2.20 bits per heavy atom. The molecule has 1 heterocycles. The maximum absolute atomic E-state index is 11.5. The van der Waals surface area contributed by atoms with Crippen LogP contribution in [0, 0.1) is 10.1 Å². The van der Waals surface area contributed by atoms with Crippen LogP contribution in [0.2, 0.25) is 0 Å². The summed E-state index contributed by atoms with van der Waals surface area (Å²) in [7, 11) is 0. The number of nitro benzene ring substituents is 1. The topological polar surface area (TPSA) is 72.2 Å². The molecular formula is C9H7BrN2O3. The Balaban J connectivity index is 2.70. The number of amides is 1. The zero-order valence-electron chi connectivity index (χ0n) is 7.62. The molecule has 0 aromatic heterocycles. The molecule has 1 aromatic carbocycles. The zero-order chi connectivity index (χ0) is 11.0. The minimum Gasteiger partial charge on any atom is -0.351 e. The smallest absolute Gasteiger partial charge is 0.282 e. The minimum atomic E-state index is -0.532. The molecule has 6 heteroatoms. The lowest BCUT2D eigenvalue weighted by Gasteiger charge is -2.17. The van der Waals surface area contributed by atoms with Gasteiger partial charge in [0.25, 0.3) is 11.6 Å². The number of hydrogen-bond acceptors (Lipinski definition) is 3. The first kappa shape index (κ1) is 10.1. The number of nitrogens with zero attached hydrogens (tertiary/aromatic N) is 1. The summed E-state index contributed by atoms with van der Waals surface area (Å²) < 4.78 is 0.748. The van der Waals surface area contributed by atoms with Crippen molar-refractivity contribution < 1.29 is 9.72 Å². The third-order valence-electron chi connectivity index (χ3n) is 2.32. The normalized spacial score (nSPS) is 14.3. The molecular weight excluding hydrogens is 264 g/mol. The number of nitrogens with one attached hydrogen (secondary N) is 1. The first-order chi connectivity index (χ1) is 7.11. The van der Waals surface area contributed by atoms with Gasteiger partial charge in [0.05, 0.1) is 4.92 Å². The second-order valence-electron chi connectivity index (χ2n) is 3.18. The van der Waals surface area contributed by atoms with E-state index in [4.69, 9.17) is 0 Å². The van der Waals surface area contributed by atoms with Gasteiger partial charge in [0, 0.05) is 17.1 Å². The molecule has 0 atom stereocenters. The van der Waals surface area contributed by atoms with Crippen LogP contribution in [0.3, 0.4) is 0 Å². The van der Waals surface area contributed by atoms with Crippen LogP contribution in [-0.2, 0) is 6.42 Å². The van der Waals surface area contributed by atoms with Crippen molar-refractivity contribution in [1.29, 1.82) is 0 Å². The SMILES string of the molecule is O=C1NCCc2c(Br)ccc([N+](=O)[O-])c21. The molecule has 1 N–H and O–H groups in total. The lowest BCUT2D eigenvalue weighted by molar-refractivity contribution is -0.385. The standard InChI is InChI=1S/C9H7BrN2O3/c10-6-1-2-7(12(14)15)8-5(6)3-4-11-9(8)13/h1-2H,3-4H2,(H,11,13). The first-order valence-electron chi connectivity index (χ1n) is 4.35. The Labute approximate surface area is 93.8 Å². The average Bonchev–Trinajstić information content (AvgIpc) is 2.19. The van der Waals surface area contributed by atoms with Gasteiger partial charge in [-0.1, -0.05) is 15.9 Å². The van der Waals surface area contributed by atoms with E-state index in [-0.39, 0.29) is 17.2 Å². The summed E-state index contributed by atoms with van der Waals surface area (Å²) in [6.45, 7) is 0.519. The van der Waals surface area contributed by atoms with E-state index in [0.717, 1.165) is 4.47 Å². The van der Waals surface area contributed by atoms with E-state index in [0.29, 0.717) is 18.5 Å². The summed E-state index contributed by atoms with van der Waals surface area (Å²) in [4.78, 5) is 21.7. The largest absolute Gasteiger partial charge is 0.351 e. The van der Waals surface area contributed by atoms with Crippen LogP contribution in [0.25, 0.3) is 0 Å². The second kappa shape index (κ2) is 3.62. The minimum absolute atomic E-state index is 0.134. The zero-order valence-corrected chi connectivity index (χ0v) is 9.20. The van der Waals surface area contributed by atoms with Gasteiger partial charge in [0.1, 0.15) is 5.56 Å². The fourth-order valence-electron chi connectivity index (χ4n) is 1.65. The van der Waals surface area contributed by atoms with Crippen molar-refractivity contribution in [3.63, 3.8) is 0 Å². The van der Waals surface area contributed by atoms with Crippen LogP contribution in [0.15, 0.2) is 16.6 Å². The highest BCUT2D eigenvalue weighted by Crippen LogP contribution is 2.30. The molecule has 0 radical (unpaired) electrons. The maximum atomic E-state index is 11.5. The van der Waals surface area contributed by atoms with Gasteiger partial charge in [-0.2, -0.15) is 0 Å². The molecule has 1 amide bonds. The number of hydrogen-bond donors (Lipinski definition) is 1. The van der Waals surface area contributed by atoms with E-state index in [1.54, 1.807) is 6.07 Å². The molecule has 1 aliphatic rings. The lowest BCUT2D eigenvalue weighted by atomic mass is 9.99. The number of rotatable bonds is 1. The van der Waals surface area contributed by atoms with Gasteiger partial charge in [-0.3, -0.25) is 14.9 Å². The van der Waals surface area contributed by atoms with Crippen molar-refractivity contribution in [3.8, 4) is 0 Å². The third kappa shape index (κ3) is 1.61. The van der Waals surface area contributed by atoms with Gasteiger partial charge < -0.3 is 5.32 Å². The fraction of sp³-hybridized carbons (Fsp3) is 0.222. The summed E-state index contributed by atoms with van der Waals surface area (Å²) in [6, 6.07) is 2.95.